The molecule has 4 aromatic rings. The molecular formula is C18H13F3N4. The molecule has 4 nitrogen and oxygen atoms in total. The summed E-state index contributed by atoms with van der Waals surface area (Å²) in [6.45, 7) is 1.91. The Morgan fingerprint density at radius 1 is 1.00 bits per heavy atom. The molecule has 4 rings (SSSR count). The van der Waals surface area contributed by atoms with Crippen LogP contribution >= 0.6 is 0 Å². The van der Waals surface area contributed by atoms with E-state index in [1.807, 2.05) is 25.1 Å². The number of benzene rings is 2. The van der Waals surface area contributed by atoms with Gasteiger partial charge in [0.15, 0.2) is 5.82 Å². The van der Waals surface area contributed by atoms with Crippen LogP contribution in [0, 0.1) is 6.92 Å². The molecule has 2 aromatic heterocycles. The molecule has 0 spiro atoms. The molecule has 0 aliphatic heterocycles. The third kappa shape index (κ3) is 2.57. The Bertz CT molecular complexity index is 1050. The second kappa shape index (κ2) is 5.47. The van der Waals surface area contributed by atoms with Crippen LogP contribution in [0.5, 0.6) is 0 Å². The maximum Gasteiger partial charge on any atom is 0.450 e. The number of aromatic amines is 1. The maximum absolute atomic E-state index is 13.4. The Kier molecular flexibility index (Phi) is 3.38. The molecule has 0 saturated carbocycles. The number of alkyl halides is 3. The predicted molar refractivity (Wildman–Crippen MR) is 88.4 cm³/mol. The monoisotopic (exact) mass is 342 g/mol. The van der Waals surface area contributed by atoms with Gasteiger partial charge in [-0.05, 0) is 30.7 Å². The molecule has 0 fully saturated rings. The van der Waals surface area contributed by atoms with E-state index in [-0.39, 0.29) is 5.69 Å². The van der Waals surface area contributed by atoms with Gasteiger partial charge >= 0.3 is 6.18 Å². The number of halogens is 3. The number of hydrogen-bond acceptors (Lipinski definition) is 2. The van der Waals surface area contributed by atoms with Gasteiger partial charge in [0.05, 0.1) is 17.2 Å². The van der Waals surface area contributed by atoms with E-state index in [2.05, 4.69) is 15.0 Å². The van der Waals surface area contributed by atoms with Crippen LogP contribution < -0.4 is 0 Å². The second-order valence-corrected chi connectivity index (χ2v) is 5.69. The Hall–Kier alpha value is -3.09. The molecule has 0 amide bonds. The lowest BCUT2D eigenvalue weighted by atomic mass is 10.2. The quantitative estimate of drug-likeness (QED) is 0.572. The van der Waals surface area contributed by atoms with Gasteiger partial charge in [-0.15, -0.1) is 0 Å². The van der Waals surface area contributed by atoms with Gasteiger partial charge in [-0.2, -0.15) is 13.2 Å². The molecule has 0 aliphatic carbocycles. The molecule has 2 aromatic carbocycles. The highest BCUT2D eigenvalue weighted by atomic mass is 19.4. The molecule has 0 saturated heterocycles. The number of H-pyrrole nitrogens is 1. The van der Waals surface area contributed by atoms with E-state index in [0.29, 0.717) is 11.5 Å². The fraction of sp³-hybridized carbons (Fsp3) is 0.111. The zero-order valence-corrected chi connectivity index (χ0v) is 13.2. The van der Waals surface area contributed by atoms with Crippen LogP contribution in [0.3, 0.4) is 0 Å². The van der Waals surface area contributed by atoms with Gasteiger partial charge in [0.1, 0.15) is 5.69 Å². The Morgan fingerprint density at radius 2 is 1.76 bits per heavy atom. The number of rotatable bonds is 2. The first kappa shape index (κ1) is 15.4. The Balaban J connectivity index is 1.98. The number of nitrogens with one attached hydrogen (secondary N) is 1. The van der Waals surface area contributed by atoms with Crippen LogP contribution in [-0.2, 0) is 6.18 Å². The summed E-state index contributed by atoms with van der Waals surface area (Å²) in [5, 5.41) is 0. The molecule has 0 unspecified atom stereocenters. The van der Waals surface area contributed by atoms with Crippen molar-refractivity contribution in [1.29, 1.82) is 0 Å². The van der Waals surface area contributed by atoms with Gasteiger partial charge < -0.3 is 4.98 Å². The zero-order chi connectivity index (χ0) is 17.6. The van der Waals surface area contributed by atoms with Gasteiger partial charge in [-0.25, -0.2) is 9.97 Å². The van der Waals surface area contributed by atoms with Gasteiger partial charge in [-0.1, -0.05) is 30.3 Å². The van der Waals surface area contributed by atoms with E-state index in [4.69, 9.17) is 0 Å². The maximum atomic E-state index is 13.4. The van der Waals surface area contributed by atoms with Crippen molar-refractivity contribution < 1.29 is 13.2 Å². The summed E-state index contributed by atoms with van der Waals surface area (Å²) in [5.41, 5.74) is 3.08. The second-order valence-electron chi connectivity index (χ2n) is 5.69. The first-order valence-corrected chi connectivity index (χ1v) is 7.61. The Labute approximate surface area is 141 Å². The molecule has 126 valence electrons. The summed E-state index contributed by atoms with van der Waals surface area (Å²) in [6, 6.07) is 13.9. The van der Waals surface area contributed by atoms with Crippen LogP contribution in [0.25, 0.3) is 28.2 Å². The van der Waals surface area contributed by atoms with Crippen molar-refractivity contribution in [2.75, 3.05) is 0 Å². The van der Waals surface area contributed by atoms with E-state index in [1.54, 1.807) is 30.3 Å². The number of aryl methyl sites for hydroxylation is 1. The average molecular weight is 342 g/mol. The smallest absolute Gasteiger partial charge is 0.337 e. The van der Waals surface area contributed by atoms with Crippen molar-refractivity contribution in [3.63, 3.8) is 0 Å². The number of fused-ring (bicyclic) bond motifs is 1. The first-order valence-electron chi connectivity index (χ1n) is 7.61. The summed E-state index contributed by atoms with van der Waals surface area (Å²) in [5.74, 6) is -0.637. The lowest BCUT2D eigenvalue weighted by Crippen LogP contribution is -2.14. The summed E-state index contributed by atoms with van der Waals surface area (Å²) >= 11 is 0. The minimum atomic E-state index is -4.57. The topological polar surface area (TPSA) is 46.5 Å². The standard InChI is InChI=1S/C18H13F3N4/c1-11-6-5-9-13-15(11)24-16(23-13)14-10-22-17(18(19,20)21)25(14)12-7-3-2-4-8-12/h2-10H,1H3,(H,23,24). The molecule has 0 aliphatic rings. The number of hydrogen-bond donors (Lipinski definition) is 1. The molecule has 25 heavy (non-hydrogen) atoms. The summed E-state index contributed by atoms with van der Waals surface area (Å²) < 4.78 is 41.3. The molecule has 1 N–H and O–H groups in total. The molecule has 0 bridgehead atoms. The van der Waals surface area contributed by atoms with E-state index < -0.39 is 12.0 Å². The van der Waals surface area contributed by atoms with Crippen LogP contribution in [0.4, 0.5) is 13.2 Å². The zero-order valence-electron chi connectivity index (χ0n) is 13.2. The number of imidazole rings is 2. The minimum Gasteiger partial charge on any atom is -0.337 e. The van der Waals surface area contributed by atoms with Crippen molar-refractivity contribution in [3.8, 4) is 17.2 Å². The lowest BCUT2D eigenvalue weighted by Gasteiger charge is -2.12. The van der Waals surface area contributed by atoms with Crippen LogP contribution in [0.1, 0.15) is 11.4 Å². The Morgan fingerprint density at radius 3 is 2.44 bits per heavy atom. The predicted octanol–water partition coefficient (Wildman–Crippen LogP) is 4.74. The number of aromatic nitrogens is 4. The molecule has 0 radical (unpaired) electrons. The van der Waals surface area contributed by atoms with Crippen LogP contribution in [0.15, 0.2) is 54.7 Å². The average Bonchev–Trinajstić information content (AvgIpc) is 3.20. The third-order valence-corrected chi connectivity index (χ3v) is 3.99. The molecule has 0 atom stereocenters. The lowest BCUT2D eigenvalue weighted by molar-refractivity contribution is -0.145. The summed E-state index contributed by atoms with van der Waals surface area (Å²) in [7, 11) is 0. The SMILES string of the molecule is Cc1cccc2[nH]c(-c3cnc(C(F)(F)F)n3-c3ccccc3)nc12. The molecular weight excluding hydrogens is 329 g/mol. The van der Waals surface area contributed by atoms with Crippen molar-refractivity contribution in [1.82, 2.24) is 19.5 Å². The van der Waals surface area contributed by atoms with E-state index in [1.165, 1.54) is 6.20 Å². The fourth-order valence-corrected chi connectivity index (χ4v) is 2.85. The highest BCUT2D eigenvalue weighted by Gasteiger charge is 2.38. The molecule has 7 heteroatoms. The van der Waals surface area contributed by atoms with Gasteiger partial charge in [0.2, 0.25) is 5.82 Å². The highest BCUT2D eigenvalue weighted by molar-refractivity contribution is 5.82. The third-order valence-electron chi connectivity index (χ3n) is 3.99. The largest absolute Gasteiger partial charge is 0.450 e. The van der Waals surface area contributed by atoms with Gasteiger partial charge in [-0.3, -0.25) is 4.57 Å². The highest BCUT2D eigenvalue weighted by Crippen LogP contribution is 2.34. The fourth-order valence-electron chi connectivity index (χ4n) is 2.85. The summed E-state index contributed by atoms with van der Waals surface area (Å²) in [6.07, 6.45) is -3.38. The number of nitrogens with zero attached hydrogens (tertiary/aromatic N) is 3. The van der Waals surface area contributed by atoms with Crippen molar-refractivity contribution in [2.24, 2.45) is 0 Å². The minimum absolute atomic E-state index is 0.258. The van der Waals surface area contributed by atoms with Crippen molar-refractivity contribution >= 4 is 11.0 Å². The number of para-hydroxylation sites is 2. The van der Waals surface area contributed by atoms with E-state index >= 15 is 0 Å². The van der Waals surface area contributed by atoms with Crippen molar-refractivity contribution in [3.05, 3.63) is 66.1 Å². The normalized spacial score (nSPS) is 12.0. The van der Waals surface area contributed by atoms with E-state index in [9.17, 15) is 13.2 Å². The van der Waals surface area contributed by atoms with Crippen LogP contribution in [-0.4, -0.2) is 19.5 Å². The van der Waals surface area contributed by atoms with Crippen LogP contribution in [0.2, 0.25) is 0 Å². The first-order chi connectivity index (χ1) is 11.9. The van der Waals surface area contributed by atoms with Gasteiger partial charge in [0.25, 0.3) is 0 Å². The summed E-state index contributed by atoms with van der Waals surface area (Å²) in [4.78, 5) is 11.2. The van der Waals surface area contributed by atoms with Crippen molar-refractivity contribution in [2.45, 2.75) is 13.1 Å². The van der Waals surface area contributed by atoms with E-state index in [0.717, 1.165) is 21.2 Å². The van der Waals surface area contributed by atoms with Gasteiger partial charge in [0, 0.05) is 5.69 Å². The molecule has 2 heterocycles.